The van der Waals surface area contributed by atoms with E-state index in [-0.39, 0.29) is 6.61 Å². The molecule has 0 saturated heterocycles. The van der Waals surface area contributed by atoms with Crippen LogP contribution in [0.5, 0.6) is 0 Å². The van der Waals surface area contributed by atoms with Crippen LogP contribution in [0.3, 0.4) is 0 Å². The van der Waals surface area contributed by atoms with Gasteiger partial charge >= 0.3 is 0 Å². The molecule has 0 fully saturated rings. The predicted molar refractivity (Wildman–Crippen MR) is 63.7 cm³/mol. The number of hydrogen-bond acceptors (Lipinski definition) is 3. The fourth-order valence-electron chi connectivity index (χ4n) is 1.23. The Kier molecular flexibility index (Phi) is 5.16. The monoisotopic (exact) mass is 268 g/mol. The SMILES string of the molecule is N#Cc1cc(Br)cc(NCCCCO)c1. The molecule has 0 aliphatic heterocycles. The Morgan fingerprint density at radius 3 is 2.80 bits per heavy atom. The number of aliphatic hydroxyl groups excluding tert-OH is 1. The fourth-order valence-corrected chi connectivity index (χ4v) is 1.72. The molecule has 0 atom stereocenters. The first-order valence-corrected chi connectivity index (χ1v) is 5.61. The van der Waals surface area contributed by atoms with Gasteiger partial charge in [-0.3, -0.25) is 0 Å². The summed E-state index contributed by atoms with van der Waals surface area (Å²) in [5, 5.41) is 20.6. The van der Waals surface area contributed by atoms with Crippen molar-refractivity contribution in [2.24, 2.45) is 0 Å². The van der Waals surface area contributed by atoms with E-state index >= 15 is 0 Å². The second-order valence-electron chi connectivity index (χ2n) is 3.20. The third-order valence-corrected chi connectivity index (χ3v) is 2.40. The molecule has 0 saturated carbocycles. The summed E-state index contributed by atoms with van der Waals surface area (Å²) in [7, 11) is 0. The lowest BCUT2D eigenvalue weighted by atomic mass is 10.2. The Morgan fingerprint density at radius 2 is 2.13 bits per heavy atom. The number of benzene rings is 1. The van der Waals surface area contributed by atoms with E-state index in [9.17, 15) is 0 Å². The maximum atomic E-state index is 8.76. The molecule has 2 N–H and O–H groups in total. The van der Waals surface area contributed by atoms with Crippen molar-refractivity contribution in [3.63, 3.8) is 0 Å². The zero-order valence-electron chi connectivity index (χ0n) is 8.33. The smallest absolute Gasteiger partial charge is 0.0992 e. The Morgan fingerprint density at radius 1 is 1.33 bits per heavy atom. The number of unbranched alkanes of at least 4 members (excludes halogenated alkanes) is 1. The number of hydrogen-bond donors (Lipinski definition) is 2. The minimum atomic E-state index is 0.226. The van der Waals surface area contributed by atoms with Gasteiger partial charge in [0.1, 0.15) is 0 Å². The summed E-state index contributed by atoms with van der Waals surface area (Å²) in [4.78, 5) is 0. The van der Waals surface area contributed by atoms with E-state index in [1.807, 2.05) is 12.1 Å². The minimum Gasteiger partial charge on any atom is -0.396 e. The Balaban J connectivity index is 2.54. The van der Waals surface area contributed by atoms with Crippen LogP contribution in [-0.2, 0) is 0 Å². The van der Waals surface area contributed by atoms with E-state index in [0.29, 0.717) is 5.56 Å². The lowest BCUT2D eigenvalue weighted by Gasteiger charge is -2.06. The first-order valence-electron chi connectivity index (χ1n) is 4.81. The lowest BCUT2D eigenvalue weighted by Crippen LogP contribution is -2.02. The molecule has 1 rings (SSSR count). The maximum Gasteiger partial charge on any atom is 0.0992 e. The highest BCUT2D eigenvalue weighted by Crippen LogP contribution is 2.19. The van der Waals surface area contributed by atoms with Crippen LogP contribution in [0.15, 0.2) is 22.7 Å². The largest absolute Gasteiger partial charge is 0.396 e. The molecule has 0 amide bonds. The van der Waals surface area contributed by atoms with E-state index in [4.69, 9.17) is 10.4 Å². The van der Waals surface area contributed by atoms with Gasteiger partial charge in [-0.25, -0.2) is 0 Å². The number of aliphatic hydroxyl groups is 1. The van der Waals surface area contributed by atoms with Gasteiger partial charge in [0.25, 0.3) is 0 Å². The van der Waals surface area contributed by atoms with Gasteiger partial charge in [0.05, 0.1) is 11.6 Å². The molecule has 15 heavy (non-hydrogen) atoms. The molecule has 3 nitrogen and oxygen atoms in total. The van der Waals surface area contributed by atoms with E-state index in [1.54, 1.807) is 6.07 Å². The normalized spacial score (nSPS) is 9.67. The van der Waals surface area contributed by atoms with Gasteiger partial charge < -0.3 is 10.4 Å². The molecule has 0 aliphatic rings. The van der Waals surface area contributed by atoms with Crippen molar-refractivity contribution in [1.29, 1.82) is 5.26 Å². The molecular formula is C11H13BrN2O. The molecule has 0 aliphatic carbocycles. The van der Waals surface area contributed by atoms with Crippen molar-refractivity contribution in [2.75, 3.05) is 18.5 Å². The van der Waals surface area contributed by atoms with Gasteiger partial charge in [-0.2, -0.15) is 5.26 Å². The van der Waals surface area contributed by atoms with Crippen molar-refractivity contribution in [1.82, 2.24) is 0 Å². The molecular weight excluding hydrogens is 256 g/mol. The van der Waals surface area contributed by atoms with Crippen LogP contribution in [0.4, 0.5) is 5.69 Å². The highest BCUT2D eigenvalue weighted by Gasteiger charge is 1.98. The van der Waals surface area contributed by atoms with Gasteiger partial charge in [0, 0.05) is 23.3 Å². The van der Waals surface area contributed by atoms with Crippen molar-refractivity contribution in [2.45, 2.75) is 12.8 Å². The predicted octanol–water partition coefficient (Wildman–Crippen LogP) is 2.51. The minimum absolute atomic E-state index is 0.226. The van der Waals surface area contributed by atoms with Gasteiger partial charge in [-0.05, 0) is 31.0 Å². The number of halogens is 1. The maximum absolute atomic E-state index is 8.76. The number of rotatable bonds is 5. The molecule has 0 heterocycles. The van der Waals surface area contributed by atoms with Crippen LogP contribution < -0.4 is 5.32 Å². The molecule has 80 valence electrons. The zero-order valence-corrected chi connectivity index (χ0v) is 9.92. The summed E-state index contributed by atoms with van der Waals surface area (Å²) >= 11 is 3.35. The summed E-state index contributed by atoms with van der Waals surface area (Å²) in [5.41, 5.74) is 1.56. The van der Waals surface area contributed by atoms with Crippen molar-refractivity contribution in [3.05, 3.63) is 28.2 Å². The summed E-state index contributed by atoms with van der Waals surface area (Å²) < 4.78 is 0.895. The highest BCUT2D eigenvalue weighted by atomic mass is 79.9. The van der Waals surface area contributed by atoms with Gasteiger partial charge in [0.15, 0.2) is 0 Å². The van der Waals surface area contributed by atoms with Crippen LogP contribution in [0.2, 0.25) is 0 Å². The number of nitrogens with one attached hydrogen (secondary N) is 1. The molecule has 1 aromatic carbocycles. The van der Waals surface area contributed by atoms with Crippen LogP contribution in [-0.4, -0.2) is 18.3 Å². The molecule has 0 aromatic heterocycles. The van der Waals surface area contributed by atoms with E-state index in [2.05, 4.69) is 27.3 Å². The lowest BCUT2D eigenvalue weighted by molar-refractivity contribution is 0.286. The van der Waals surface area contributed by atoms with Crippen molar-refractivity contribution >= 4 is 21.6 Å². The number of anilines is 1. The molecule has 0 bridgehead atoms. The molecule has 0 spiro atoms. The number of nitrogens with zero attached hydrogens (tertiary/aromatic N) is 1. The Bertz CT molecular complexity index is 360. The molecule has 1 aromatic rings. The van der Waals surface area contributed by atoms with Gasteiger partial charge in [0.2, 0.25) is 0 Å². The first-order chi connectivity index (χ1) is 7.26. The van der Waals surface area contributed by atoms with Crippen LogP contribution in [0.1, 0.15) is 18.4 Å². The van der Waals surface area contributed by atoms with Gasteiger partial charge in [-0.15, -0.1) is 0 Å². The molecule has 0 radical (unpaired) electrons. The average Bonchev–Trinajstić information content (AvgIpc) is 2.23. The first kappa shape index (κ1) is 12.0. The number of nitriles is 1. The van der Waals surface area contributed by atoms with Crippen molar-refractivity contribution in [3.8, 4) is 6.07 Å². The summed E-state index contributed by atoms with van der Waals surface area (Å²) in [6.07, 6.45) is 1.72. The fraction of sp³-hybridized carbons (Fsp3) is 0.364. The third kappa shape index (κ3) is 4.32. The zero-order chi connectivity index (χ0) is 11.1. The Labute approximate surface area is 97.9 Å². The van der Waals surface area contributed by atoms with E-state index in [1.165, 1.54) is 0 Å². The standard InChI is InChI=1S/C11H13BrN2O/c12-10-5-9(8-13)6-11(7-10)14-3-1-2-4-15/h5-7,14-15H,1-4H2. The summed E-state index contributed by atoms with van der Waals surface area (Å²) in [6.45, 7) is 1.03. The second kappa shape index (κ2) is 6.44. The topological polar surface area (TPSA) is 56.0 Å². The van der Waals surface area contributed by atoms with Crippen molar-refractivity contribution < 1.29 is 5.11 Å². The Hall–Kier alpha value is -1.05. The van der Waals surface area contributed by atoms with E-state index < -0.39 is 0 Å². The van der Waals surface area contributed by atoms with E-state index in [0.717, 1.165) is 29.5 Å². The highest BCUT2D eigenvalue weighted by molar-refractivity contribution is 9.10. The average molecular weight is 269 g/mol. The van der Waals surface area contributed by atoms with Gasteiger partial charge in [-0.1, -0.05) is 15.9 Å². The third-order valence-electron chi connectivity index (χ3n) is 1.94. The summed E-state index contributed by atoms with van der Waals surface area (Å²) in [6, 6.07) is 7.62. The van der Waals surface area contributed by atoms with Crippen LogP contribution in [0.25, 0.3) is 0 Å². The van der Waals surface area contributed by atoms with Crippen LogP contribution >= 0.6 is 15.9 Å². The second-order valence-corrected chi connectivity index (χ2v) is 4.11. The van der Waals surface area contributed by atoms with Crippen LogP contribution in [0, 0.1) is 11.3 Å². The molecule has 4 heteroatoms. The summed E-state index contributed by atoms with van der Waals surface area (Å²) in [5.74, 6) is 0. The quantitative estimate of drug-likeness (QED) is 0.807. The molecule has 0 unspecified atom stereocenters.